The van der Waals surface area contributed by atoms with Crippen molar-refractivity contribution < 1.29 is 14.3 Å². The smallest absolute Gasteiger partial charge is 0.251 e. The number of allylic oxidation sites excluding steroid dienone is 1. The molecule has 0 aromatic heterocycles. The summed E-state index contributed by atoms with van der Waals surface area (Å²) in [6, 6.07) is 14.8. The zero-order chi connectivity index (χ0) is 18.4. The number of carbonyl (C=O) groups is 2. The Morgan fingerprint density at radius 2 is 1.58 bits per heavy atom. The number of benzene rings is 2. The van der Waals surface area contributed by atoms with Gasteiger partial charge in [0.15, 0.2) is 5.78 Å². The normalized spacial score (nSPS) is 14.4. The molecule has 1 fully saturated rings. The van der Waals surface area contributed by atoms with E-state index in [-0.39, 0.29) is 11.7 Å². The molecule has 1 aliphatic rings. The Morgan fingerprint density at radius 3 is 2.19 bits per heavy atom. The SMILES string of the molecule is CNC(=O)c1ccc(C=CC(=O)c2ccc(N3CCOCC3)cc2)cc1. The van der Waals surface area contributed by atoms with Crippen molar-refractivity contribution in [3.05, 3.63) is 71.3 Å². The third-order valence-electron chi connectivity index (χ3n) is 4.36. The van der Waals surface area contributed by atoms with E-state index >= 15 is 0 Å². The summed E-state index contributed by atoms with van der Waals surface area (Å²) in [5.41, 5.74) is 3.23. The maximum Gasteiger partial charge on any atom is 0.251 e. The van der Waals surface area contributed by atoms with E-state index in [0.29, 0.717) is 11.1 Å². The minimum Gasteiger partial charge on any atom is -0.378 e. The Kier molecular flexibility index (Phi) is 5.81. The van der Waals surface area contributed by atoms with Gasteiger partial charge in [-0.05, 0) is 48.0 Å². The van der Waals surface area contributed by atoms with Gasteiger partial charge in [-0.1, -0.05) is 18.2 Å². The van der Waals surface area contributed by atoms with Crippen molar-refractivity contribution in [3.63, 3.8) is 0 Å². The maximum absolute atomic E-state index is 12.3. The monoisotopic (exact) mass is 350 g/mol. The first kappa shape index (κ1) is 17.9. The number of hydrogen-bond donors (Lipinski definition) is 1. The topological polar surface area (TPSA) is 58.6 Å². The summed E-state index contributed by atoms with van der Waals surface area (Å²) in [6.07, 6.45) is 3.31. The summed E-state index contributed by atoms with van der Waals surface area (Å²) >= 11 is 0. The number of rotatable bonds is 5. The second kappa shape index (κ2) is 8.45. The van der Waals surface area contributed by atoms with Gasteiger partial charge in [-0.2, -0.15) is 0 Å². The summed E-state index contributed by atoms with van der Waals surface area (Å²) < 4.78 is 5.36. The molecule has 1 heterocycles. The van der Waals surface area contributed by atoms with Crippen LogP contribution >= 0.6 is 0 Å². The number of hydrogen-bond acceptors (Lipinski definition) is 4. The zero-order valence-electron chi connectivity index (χ0n) is 14.8. The van der Waals surface area contributed by atoms with E-state index in [1.807, 2.05) is 36.4 Å². The summed E-state index contributed by atoms with van der Waals surface area (Å²) in [5, 5.41) is 2.58. The van der Waals surface area contributed by atoms with E-state index < -0.39 is 0 Å². The molecule has 5 heteroatoms. The highest BCUT2D eigenvalue weighted by Crippen LogP contribution is 2.17. The molecule has 134 valence electrons. The van der Waals surface area contributed by atoms with Gasteiger partial charge in [-0.25, -0.2) is 0 Å². The minimum absolute atomic E-state index is 0.0473. The Labute approximate surface area is 153 Å². The summed E-state index contributed by atoms with van der Waals surface area (Å²) in [4.78, 5) is 26.1. The van der Waals surface area contributed by atoms with Crippen LogP contribution in [0.3, 0.4) is 0 Å². The van der Waals surface area contributed by atoms with E-state index in [0.717, 1.165) is 37.6 Å². The summed E-state index contributed by atoms with van der Waals surface area (Å²) in [7, 11) is 1.60. The van der Waals surface area contributed by atoms with Crippen LogP contribution in [0.5, 0.6) is 0 Å². The third kappa shape index (κ3) is 4.37. The fraction of sp³-hybridized carbons (Fsp3) is 0.238. The van der Waals surface area contributed by atoms with Crippen LogP contribution in [0.1, 0.15) is 26.3 Å². The van der Waals surface area contributed by atoms with Crippen molar-refractivity contribution in [1.29, 1.82) is 0 Å². The van der Waals surface area contributed by atoms with Crippen LogP contribution in [0.25, 0.3) is 6.08 Å². The molecule has 5 nitrogen and oxygen atoms in total. The predicted octanol–water partition coefficient (Wildman–Crippen LogP) is 2.78. The van der Waals surface area contributed by atoms with E-state index in [2.05, 4.69) is 10.2 Å². The van der Waals surface area contributed by atoms with E-state index in [1.54, 1.807) is 31.3 Å². The highest BCUT2D eigenvalue weighted by molar-refractivity contribution is 6.07. The first-order valence-corrected chi connectivity index (χ1v) is 8.65. The zero-order valence-corrected chi connectivity index (χ0v) is 14.8. The van der Waals surface area contributed by atoms with Gasteiger partial charge in [-0.15, -0.1) is 0 Å². The first-order chi connectivity index (χ1) is 12.7. The van der Waals surface area contributed by atoms with Crippen molar-refractivity contribution in [1.82, 2.24) is 5.32 Å². The lowest BCUT2D eigenvalue weighted by Crippen LogP contribution is -2.36. The molecule has 0 radical (unpaired) electrons. The predicted molar refractivity (Wildman–Crippen MR) is 103 cm³/mol. The number of amides is 1. The van der Waals surface area contributed by atoms with Crippen LogP contribution in [-0.2, 0) is 4.74 Å². The van der Waals surface area contributed by atoms with Crippen molar-refractivity contribution in [2.75, 3.05) is 38.3 Å². The first-order valence-electron chi connectivity index (χ1n) is 8.65. The molecule has 0 aliphatic carbocycles. The number of nitrogens with one attached hydrogen (secondary N) is 1. The van der Waals surface area contributed by atoms with Gasteiger partial charge in [0.25, 0.3) is 5.91 Å². The largest absolute Gasteiger partial charge is 0.378 e. The number of morpholine rings is 1. The molecule has 0 spiro atoms. The Bertz CT molecular complexity index is 789. The molecule has 0 unspecified atom stereocenters. The fourth-order valence-corrected chi connectivity index (χ4v) is 2.82. The molecule has 3 rings (SSSR count). The second-order valence-corrected chi connectivity index (χ2v) is 6.05. The lowest BCUT2D eigenvalue weighted by atomic mass is 10.1. The highest BCUT2D eigenvalue weighted by atomic mass is 16.5. The van der Waals surface area contributed by atoms with E-state index in [9.17, 15) is 9.59 Å². The highest BCUT2D eigenvalue weighted by Gasteiger charge is 2.11. The molecule has 2 aromatic rings. The number of carbonyl (C=O) groups excluding carboxylic acids is 2. The summed E-state index contributed by atoms with van der Waals surface area (Å²) in [5.74, 6) is -0.175. The Balaban J connectivity index is 1.63. The fourth-order valence-electron chi connectivity index (χ4n) is 2.82. The van der Waals surface area contributed by atoms with Crippen LogP contribution in [0.2, 0.25) is 0 Å². The molecule has 1 saturated heterocycles. The lowest BCUT2D eigenvalue weighted by Gasteiger charge is -2.28. The number of anilines is 1. The molecular formula is C21H22N2O3. The van der Waals surface area contributed by atoms with Gasteiger partial charge in [0.2, 0.25) is 0 Å². The Hall–Kier alpha value is -2.92. The van der Waals surface area contributed by atoms with Crippen LogP contribution < -0.4 is 10.2 Å². The lowest BCUT2D eigenvalue weighted by molar-refractivity contribution is 0.0962. The molecule has 1 aliphatic heterocycles. The van der Waals surface area contributed by atoms with Crippen LogP contribution in [0, 0.1) is 0 Å². The molecule has 0 atom stereocenters. The number of nitrogens with zero attached hydrogens (tertiary/aromatic N) is 1. The molecular weight excluding hydrogens is 328 g/mol. The van der Waals surface area contributed by atoms with Crippen molar-refractivity contribution in [2.45, 2.75) is 0 Å². The molecule has 2 aromatic carbocycles. The molecule has 0 saturated carbocycles. The molecule has 1 amide bonds. The molecule has 26 heavy (non-hydrogen) atoms. The quantitative estimate of drug-likeness (QED) is 0.665. The van der Waals surface area contributed by atoms with Gasteiger partial charge in [-0.3, -0.25) is 9.59 Å². The number of ketones is 1. The summed E-state index contributed by atoms with van der Waals surface area (Å²) in [6.45, 7) is 3.22. The average molecular weight is 350 g/mol. The van der Waals surface area contributed by atoms with Gasteiger partial charge < -0.3 is 15.0 Å². The Morgan fingerprint density at radius 1 is 0.962 bits per heavy atom. The molecule has 0 bridgehead atoms. The van der Waals surface area contributed by atoms with Gasteiger partial charge >= 0.3 is 0 Å². The second-order valence-electron chi connectivity index (χ2n) is 6.05. The van der Waals surface area contributed by atoms with Crippen LogP contribution in [0.4, 0.5) is 5.69 Å². The van der Waals surface area contributed by atoms with Crippen LogP contribution in [-0.4, -0.2) is 45.0 Å². The molecule has 1 N–H and O–H groups in total. The van der Waals surface area contributed by atoms with E-state index in [4.69, 9.17) is 4.74 Å². The van der Waals surface area contributed by atoms with Crippen molar-refractivity contribution >= 4 is 23.5 Å². The number of ether oxygens (including phenoxy) is 1. The third-order valence-corrected chi connectivity index (χ3v) is 4.36. The standard InChI is InChI=1S/C21H22N2O3/c1-22-21(25)18-5-2-16(3-6-18)4-11-20(24)17-7-9-19(10-8-17)23-12-14-26-15-13-23/h2-11H,12-15H2,1H3,(H,22,25). The average Bonchev–Trinajstić information content (AvgIpc) is 2.72. The minimum atomic E-state index is -0.128. The maximum atomic E-state index is 12.3. The van der Waals surface area contributed by atoms with E-state index in [1.165, 1.54) is 0 Å². The van der Waals surface area contributed by atoms with Gasteiger partial charge in [0, 0.05) is 37.0 Å². The van der Waals surface area contributed by atoms with Crippen LogP contribution in [0.15, 0.2) is 54.6 Å². The van der Waals surface area contributed by atoms with Crippen molar-refractivity contribution in [3.8, 4) is 0 Å². The van der Waals surface area contributed by atoms with Crippen molar-refractivity contribution in [2.24, 2.45) is 0 Å². The van der Waals surface area contributed by atoms with Gasteiger partial charge in [0.05, 0.1) is 13.2 Å². The van der Waals surface area contributed by atoms with Gasteiger partial charge in [0.1, 0.15) is 0 Å².